The van der Waals surface area contributed by atoms with Gasteiger partial charge in [0.1, 0.15) is 0 Å². The highest BCUT2D eigenvalue weighted by Gasteiger charge is 2.32. The maximum Gasteiger partial charge on any atom is 0.200 e. The Morgan fingerprint density at radius 3 is 2.26 bits per heavy atom. The van der Waals surface area contributed by atoms with Crippen LogP contribution in [-0.2, 0) is 0 Å². The lowest BCUT2D eigenvalue weighted by atomic mass is 9.67. The fraction of sp³-hybridized carbons (Fsp3) is 0.700. The minimum absolute atomic E-state index is 0.0582. The quantitative estimate of drug-likeness (QED) is 0.565. The van der Waals surface area contributed by atoms with Crippen LogP contribution >= 0.6 is 0 Å². The molecule has 0 radical (unpaired) electrons. The third-order valence-corrected chi connectivity index (χ3v) is 5.86. The molecule has 0 spiro atoms. The Labute approximate surface area is 138 Å². The molecule has 0 unspecified atom stereocenters. The summed E-state index contributed by atoms with van der Waals surface area (Å²) >= 11 is 0. The van der Waals surface area contributed by atoms with Crippen LogP contribution in [0.15, 0.2) is 12.1 Å². The molecule has 0 N–H and O–H groups in total. The zero-order valence-corrected chi connectivity index (χ0v) is 14.1. The van der Waals surface area contributed by atoms with E-state index in [0.29, 0.717) is 12.2 Å². The van der Waals surface area contributed by atoms with E-state index < -0.39 is 11.6 Å². The lowest BCUT2D eigenvalue weighted by Crippen LogP contribution is -2.26. The van der Waals surface area contributed by atoms with E-state index in [1.807, 2.05) is 6.92 Å². The Morgan fingerprint density at radius 1 is 0.957 bits per heavy atom. The summed E-state index contributed by atoms with van der Waals surface area (Å²) in [4.78, 5) is 0. The lowest BCUT2D eigenvalue weighted by molar-refractivity contribution is 0.153. The maximum atomic E-state index is 14.4. The van der Waals surface area contributed by atoms with Gasteiger partial charge in [-0.25, -0.2) is 4.39 Å². The number of ether oxygens (including phenoxy) is 1. The van der Waals surface area contributed by atoms with Crippen molar-refractivity contribution >= 4 is 0 Å². The molecule has 1 aromatic carbocycles. The number of halogens is 2. The fourth-order valence-corrected chi connectivity index (χ4v) is 4.11. The van der Waals surface area contributed by atoms with Crippen LogP contribution in [0.2, 0.25) is 0 Å². The summed E-state index contributed by atoms with van der Waals surface area (Å²) in [5.74, 6) is 0.468. The Morgan fingerprint density at radius 2 is 1.65 bits per heavy atom. The first-order valence-electron chi connectivity index (χ1n) is 9.31. The van der Waals surface area contributed by atoms with E-state index in [9.17, 15) is 8.78 Å². The molecule has 2 fully saturated rings. The van der Waals surface area contributed by atoms with Crippen LogP contribution in [0.4, 0.5) is 8.78 Å². The Balaban J connectivity index is 1.62. The normalized spacial score (nSPS) is 25.2. The van der Waals surface area contributed by atoms with Crippen LogP contribution in [0.5, 0.6) is 5.75 Å². The Kier molecular flexibility index (Phi) is 5.55. The third-order valence-electron chi connectivity index (χ3n) is 5.86. The number of benzene rings is 1. The molecule has 0 amide bonds. The molecular weight excluding hydrogens is 294 g/mol. The van der Waals surface area contributed by atoms with Crippen LogP contribution in [0.3, 0.4) is 0 Å². The summed E-state index contributed by atoms with van der Waals surface area (Å²) < 4.78 is 34.0. The van der Waals surface area contributed by atoms with E-state index in [1.165, 1.54) is 32.1 Å². The van der Waals surface area contributed by atoms with Crippen LogP contribution < -0.4 is 4.74 Å². The molecule has 0 atom stereocenters. The van der Waals surface area contributed by atoms with Gasteiger partial charge in [-0.1, -0.05) is 38.7 Å². The van der Waals surface area contributed by atoms with Crippen molar-refractivity contribution in [2.75, 3.05) is 6.61 Å². The Hall–Kier alpha value is -1.12. The van der Waals surface area contributed by atoms with Gasteiger partial charge >= 0.3 is 0 Å². The highest BCUT2D eigenvalue weighted by molar-refractivity contribution is 5.33. The number of hydrogen-bond donors (Lipinski definition) is 0. The van der Waals surface area contributed by atoms with Crippen molar-refractivity contribution in [2.24, 2.45) is 11.8 Å². The summed E-state index contributed by atoms with van der Waals surface area (Å²) in [5, 5.41) is 0. The van der Waals surface area contributed by atoms with E-state index in [4.69, 9.17) is 4.74 Å². The second-order valence-corrected chi connectivity index (χ2v) is 7.29. The summed E-state index contributed by atoms with van der Waals surface area (Å²) in [6, 6.07) is 3.36. The molecule has 0 heterocycles. The van der Waals surface area contributed by atoms with Crippen molar-refractivity contribution in [1.82, 2.24) is 0 Å². The van der Waals surface area contributed by atoms with Crippen molar-refractivity contribution < 1.29 is 13.5 Å². The largest absolute Gasteiger partial charge is 0.490 e. The smallest absolute Gasteiger partial charge is 0.200 e. The minimum Gasteiger partial charge on any atom is -0.490 e. The van der Waals surface area contributed by atoms with Gasteiger partial charge in [0.25, 0.3) is 0 Å². The SMILES string of the molecule is CCCCOc1ccc(C2CCC(C3CCC3)CC2)c(F)c1F. The minimum atomic E-state index is -0.806. The zero-order chi connectivity index (χ0) is 16.2. The van der Waals surface area contributed by atoms with Crippen molar-refractivity contribution in [2.45, 2.75) is 70.6 Å². The van der Waals surface area contributed by atoms with E-state index in [1.54, 1.807) is 12.1 Å². The van der Waals surface area contributed by atoms with Gasteiger partial charge in [-0.3, -0.25) is 0 Å². The molecule has 2 aliphatic carbocycles. The number of unbranched alkanes of at least 4 members (excludes halogenated alkanes) is 1. The van der Waals surface area contributed by atoms with Crippen LogP contribution in [-0.4, -0.2) is 6.61 Å². The van der Waals surface area contributed by atoms with E-state index in [2.05, 4.69) is 0 Å². The monoisotopic (exact) mass is 322 g/mol. The zero-order valence-electron chi connectivity index (χ0n) is 14.1. The van der Waals surface area contributed by atoms with Crippen molar-refractivity contribution in [3.8, 4) is 5.75 Å². The number of rotatable bonds is 6. The van der Waals surface area contributed by atoms with Gasteiger partial charge in [-0.15, -0.1) is 0 Å². The van der Waals surface area contributed by atoms with Crippen molar-refractivity contribution in [3.63, 3.8) is 0 Å². The summed E-state index contributed by atoms with van der Waals surface area (Å²) in [7, 11) is 0. The third kappa shape index (κ3) is 3.70. The van der Waals surface area contributed by atoms with Gasteiger partial charge in [0, 0.05) is 0 Å². The van der Waals surface area contributed by atoms with E-state index in [-0.39, 0.29) is 11.7 Å². The molecule has 0 aliphatic heterocycles. The van der Waals surface area contributed by atoms with Gasteiger partial charge in [0.15, 0.2) is 11.6 Å². The molecule has 0 saturated heterocycles. The van der Waals surface area contributed by atoms with Gasteiger partial charge < -0.3 is 4.74 Å². The van der Waals surface area contributed by atoms with Crippen molar-refractivity contribution in [3.05, 3.63) is 29.3 Å². The highest BCUT2D eigenvalue weighted by Crippen LogP contribution is 2.45. The summed E-state index contributed by atoms with van der Waals surface area (Å²) in [5.41, 5.74) is 0.553. The first-order valence-corrected chi connectivity index (χ1v) is 9.31. The summed E-state index contributed by atoms with van der Waals surface area (Å²) in [6.45, 7) is 2.49. The molecule has 3 heteroatoms. The second kappa shape index (κ2) is 7.63. The summed E-state index contributed by atoms with van der Waals surface area (Å²) in [6.07, 6.45) is 10.3. The molecule has 3 rings (SSSR count). The van der Waals surface area contributed by atoms with Gasteiger partial charge in [0.2, 0.25) is 5.82 Å². The topological polar surface area (TPSA) is 9.23 Å². The predicted octanol–water partition coefficient (Wildman–Crippen LogP) is 6.22. The highest BCUT2D eigenvalue weighted by atomic mass is 19.2. The molecule has 128 valence electrons. The average molecular weight is 322 g/mol. The molecule has 1 nitrogen and oxygen atoms in total. The molecular formula is C20H28F2O. The molecule has 2 aliphatic rings. The predicted molar refractivity (Wildman–Crippen MR) is 88.8 cm³/mol. The first-order chi connectivity index (χ1) is 11.2. The van der Waals surface area contributed by atoms with Crippen molar-refractivity contribution in [1.29, 1.82) is 0 Å². The molecule has 23 heavy (non-hydrogen) atoms. The van der Waals surface area contributed by atoms with Crippen LogP contribution in [0.25, 0.3) is 0 Å². The molecule has 2 saturated carbocycles. The number of hydrogen-bond acceptors (Lipinski definition) is 1. The second-order valence-electron chi connectivity index (χ2n) is 7.29. The Bertz CT molecular complexity index is 517. The molecule has 1 aromatic rings. The van der Waals surface area contributed by atoms with E-state index in [0.717, 1.165) is 37.5 Å². The van der Waals surface area contributed by atoms with Crippen LogP contribution in [0, 0.1) is 23.5 Å². The van der Waals surface area contributed by atoms with Crippen LogP contribution in [0.1, 0.15) is 76.2 Å². The fourth-order valence-electron chi connectivity index (χ4n) is 4.11. The van der Waals surface area contributed by atoms with Gasteiger partial charge in [0.05, 0.1) is 6.61 Å². The van der Waals surface area contributed by atoms with E-state index >= 15 is 0 Å². The van der Waals surface area contributed by atoms with Gasteiger partial charge in [-0.2, -0.15) is 4.39 Å². The molecule has 0 aromatic heterocycles. The van der Waals surface area contributed by atoms with Gasteiger partial charge in [-0.05, 0) is 61.5 Å². The lowest BCUT2D eigenvalue weighted by Gasteiger charge is -2.38. The average Bonchev–Trinajstić information content (AvgIpc) is 2.51. The standard InChI is InChI=1S/C20H28F2O/c1-2-3-13-23-18-12-11-17(19(21)20(18)22)16-9-7-15(8-10-16)14-5-4-6-14/h11-12,14-16H,2-10,13H2,1H3. The molecule has 0 bridgehead atoms. The maximum absolute atomic E-state index is 14.4. The first kappa shape index (κ1) is 16.7.